The lowest BCUT2D eigenvalue weighted by Crippen LogP contribution is -2.33. The number of amides is 1. The van der Waals surface area contributed by atoms with Gasteiger partial charge in [0.05, 0.1) is 19.9 Å². The Morgan fingerprint density at radius 1 is 1.36 bits per heavy atom. The Kier molecular flexibility index (Phi) is 2.38. The summed E-state index contributed by atoms with van der Waals surface area (Å²) in [5.41, 5.74) is 1.79. The van der Waals surface area contributed by atoms with Gasteiger partial charge in [-0.3, -0.25) is 9.69 Å². The van der Waals surface area contributed by atoms with Gasteiger partial charge in [0.1, 0.15) is 5.69 Å². The van der Waals surface area contributed by atoms with Gasteiger partial charge in [0.2, 0.25) is 5.78 Å². The number of methoxy groups -OCH3 is 2. The van der Waals surface area contributed by atoms with Crippen LogP contribution in [0.5, 0.6) is 0 Å². The van der Waals surface area contributed by atoms with E-state index in [1.165, 1.54) is 25.2 Å². The van der Waals surface area contributed by atoms with Gasteiger partial charge in [0, 0.05) is 23.7 Å². The average Bonchev–Trinajstić information content (AvgIpc) is 2.91. The second-order valence-corrected chi connectivity index (χ2v) is 5.81. The van der Waals surface area contributed by atoms with Crippen molar-refractivity contribution in [2.45, 2.75) is 11.8 Å². The van der Waals surface area contributed by atoms with Crippen LogP contribution in [0.15, 0.2) is 17.8 Å². The fourth-order valence-corrected chi connectivity index (χ4v) is 3.80. The first-order chi connectivity index (χ1) is 10.5. The molecular weight excluding hydrogens is 288 g/mol. The highest BCUT2D eigenvalue weighted by atomic mass is 16.5. The molecule has 0 radical (unpaired) electrons. The zero-order valence-corrected chi connectivity index (χ0v) is 12.1. The SMILES string of the molecule is COC(=O)c1cc2c([nH]1)C(=O)C=C1N(C(=O)OC)CC3CC123. The number of carbonyl (C=O) groups is 3. The number of allylic oxidation sites excluding steroid dienone is 2. The molecule has 22 heavy (non-hydrogen) atoms. The number of hydrogen-bond donors (Lipinski definition) is 1. The van der Waals surface area contributed by atoms with E-state index >= 15 is 0 Å². The molecule has 1 aliphatic heterocycles. The van der Waals surface area contributed by atoms with Crippen molar-refractivity contribution >= 4 is 17.8 Å². The quantitative estimate of drug-likeness (QED) is 0.788. The molecule has 1 saturated heterocycles. The van der Waals surface area contributed by atoms with Crippen LogP contribution in [0.4, 0.5) is 4.79 Å². The molecule has 1 N–H and O–H groups in total. The van der Waals surface area contributed by atoms with Crippen molar-refractivity contribution < 1.29 is 23.9 Å². The predicted molar refractivity (Wildman–Crippen MR) is 73.4 cm³/mol. The first kappa shape index (κ1) is 13.1. The number of ketones is 1. The summed E-state index contributed by atoms with van der Waals surface area (Å²) in [4.78, 5) is 40.3. The zero-order valence-electron chi connectivity index (χ0n) is 12.1. The fourth-order valence-electron chi connectivity index (χ4n) is 3.80. The summed E-state index contributed by atoms with van der Waals surface area (Å²) in [6, 6.07) is 1.67. The van der Waals surface area contributed by atoms with Gasteiger partial charge < -0.3 is 14.5 Å². The van der Waals surface area contributed by atoms with Crippen molar-refractivity contribution in [3.63, 3.8) is 0 Å². The summed E-state index contributed by atoms with van der Waals surface area (Å²) in [5.74, 6) is -0.501. The summed E-state index contributed by atoms with van der Waals surface area (Å²) in [6.07, 6.45) is 1.88. The van der Waals surface area contributed by atoms with E-state index in [0.717, 1.165) is 12.0 Å². The van der Waals surface area contributed by atoms with Crippen molar-refractivity contribution in [3.8, 4) is 0 Å². The topological polar surface area (TPSA) is 88.7 Å². The van der Waals surface area contributed by atoms with Crippen LogP contribution >= 0.6 is 0 Å². The van der Waals surface area contributed by atoms with E-state index in [2.05, 4.69) is 4.98 Å². The molecule has 1 aromatic rings. The van der Waals surface area contributed by atoms with Gasteiger partial charge in [-0.2, -0.15) is 0 Å². The Labute approximate surface area is 125 Å². The van der Waals surface area contributed by atoms with Crippen LogP contribution in [0.25, 0.3) is 0 Å². The fraction of sp³-hybridized carbons (Fsp3) is 0.400. The van der Waals surface area contributed by atoms with Gasteiger partial charge in [-0.05, 0) is 24.0 Å². The maximum atomic E-state index is 12.3. The predicted octanol–water partition coefficient (Wildman–Crippen LogP) is 1.22. The molecule has 2 fully saturated rings. The standard InChI is InChI=1S/C15H14N2O5/c1-21-13(19)9-3-8-12(16-9)10(18)4-11-15(8)5-7(15)6-17(11)14(20)22-2/h3-4,7,16H,5-6H2,1-2H3. The molecule has 7 heteroatoms. The minimum atomic E-state index is -0.514. The zero-order chi connectivity index (χ0) is 15.6. The minimum absolute atomic E-state index is 0.243. The third kappa shape index (κ3) is 1.38. The molecule has 1 saturated carbocycles. The van der Waals surface area contributed by atoms with Crippen molar-refractivity contribution in [2.24, 2.45) is 5.92 Å². The second kappa shape index (κ2) is 4.00. The van der Waals surface area contributed by atoms with Crippen molar-refractivity contribution in [1.29, 1.82) is 0 Å². The summed E-state index contributed by atoms with van der Waals surface area (Å²) >= 11 is 0. The second-order valence-electron chi connectivity index (χ2n) is 5.81. The Hall–Kier alpha value is -2.57. The van der Waals surface area contributed by atoms with Crippen molar-refractivity contribution in [3.05, 3.63) is 34.8 Å². The van der Waals surface area contributed by atoms with E-state index in [1.807, 2.05) is 0 Å². The van der Waals surface area contributed by atoms with Crippen LogP contribution in [-0.2, 0) is 14.9 Å². The first-order valence-corrected chi connectivity index (χ1v) is 6.96. The largest absolute Gasteiger partial charge is 0.464 e. The van der Waals surface area contributed by atoms with Crippen molar-refractivity contribution in [1.82, 2.24) is 9.88 Å². The third-order valence-corrected chi connectivity index (χ3v) is 4.87. The number of rotatable bonds is 1. The molecule has 2 aliphatic carbocycles. The number of nitrogens with zero attached hydrogens (tertiary/aromatic N) is 1. The first-order valence-electron chi connectivity index (χ1n) is 6.96. The van der Waals surface area contributed by atoms with Crippen LogP contribution in [0.1, 0.15) is 33.0 Å². The molecule has 3 aliphatic rings. The van der Waals surface area contributed by atoms with Gasteiger partial charge in [0.15, 0.2) is 0 Å². The molecule has 114 valence electrons. The molecule has 2 heterocycles. The number of nitrogens with one attached hydrogen (secondary N) is 1. The lowest BCUT2D eigenvalue weighted by atomic mass is 9.85. The molecule has 2 unspecified atom stereocenters. The molecular formula is C15H14N2O5. The molecule has 7 nitrogen and oxygen atoms in total. The Morgan fingerprint density at radius 2 is 2.14 bits per heavy atom. The molecule has 1 aromatic heterocycles. The lowest BCUT2D eigenvalue weighted by Gasteiger charge is -2.26. The number of esters is 1. The number of hydrogen-bond acceptors (Lipinski definition) is 5. The van der Waals surface area contributed by atoms with Crippen LogP contribution in [-0.4, -0.2) is 48.5 Å². The number of likely N-dealkylation sites (tertiary alicyclic amines) is 1. The highest BCUT2D eigenvalue weighted by molar-refractivity contribution is 6.09. The third-order valence-electron chi connectivity index (χ3n) is 4.87. The average molecular weight is 302 g/mol. The molecule has 2 atom stereocenters. The van der Waals surface area contributed by atoms with E-state index in [-0.39, 0.29) is 22.8 Å². The molecule has 1 spiro atoms. The maximum absolute atomic E-state index is 12.3. The number of ether oxygens (including phenoxy) is 2. The molecule has 0 aromatic carbocycles. The molecule has 4 rings (SSSR count). The number of piperidine rings is 1. The van der Waals surface area contributed by atoms with Crippen LogP contribution in [0.2, 0.25) is 0 Å². The summed E-state index contributed by atoms with van der Waals surface area (Å²) < 4.78 is 9.49. The van der Waals surface area contributed by atoms with Gasteiger partial charge in [-0.15, -0.1) is 0 Å². The Bertz CT molecular complexity index is 762. The van der Waals surface area contributed by atoms with E-state index in [0.29, 0.717) is 17.9 Å². The number of H-pyrrole nitrogens is 1. The molecule has 0 bridgehead atoms. The van der Waals surface area contributed by atoms with E-state index in [1.54, 1.807) is 6.07 Å². The van der Waals surface area contributed by atoms with Gasteiger partial charge in [0.25, 0.3) is 0 Å². The number of carbonyl (C=O) groups excluding carboxylic acids is 3. The number of aromatic nitrogens is 1. The highest BCUT2D eigenvalue weighted by Crippen LogP contribution is 2.66. The van der Waals surface area contributed by atoms with Crippen LogP contribution in [0.3, 0.4) is 0 Å². The van der Waals surface area contributed by atoms with Crippen LogP contribution < -0.4 is 0 Å². The van der Waals surface area contributed by atoms with E-state index < -0.39 is 12.1 Å². The Balaban J connectivity index is 1.82. The number of fused-ring (bicyclic) bond motifs is 1. The minimum Gasteiger partial charge on any atom is -0.464 e. The summed E-state index contributed by atoms with van der Waals surface area (Å²) in [5, 5.41) is 0. The van der Waals surface area contributed by atoms with Gasteiger partial charge in [-0.1, -0.05) is 0 Å². The van der Waals surface area contributed by atoms with E-state index in [4.69, 9.17) is 9.47 Å². The van der Waals surface area contributed by atoms with Crippen molar-refractivity contribution in [2.75, 3.05) is 20.8 Å². The normalized spacial score (nSPS) is 27.5. The maximum Gasteiger partial charge on any atom is 0.413 e. The van der Waals surface area contributed by atoms with Crippen LogP contribution in [0, 0.1) is 5.92 Å². The van der Waals surface area contributed by atoms with Gasteiger partial charge in [-0.25, -0.2) is 9.59 Å². The smallest absolute Gasteiger partial charge is 0.413 e. The molecule has 1 amide bonds. The van der Waals surface area contributed by atoms with Gasteiger partial charge >= 0.3 is 12.1 Å². The lowest BCUT2D eigenvalue weighted by molar-refractivity contribution is 0.0594. The Morgan fingerprint density at radius 3 is 2.82 bits per heavy atom. The highest BCUT2D eigenvalue weighted by Gasteiger charge is 2.68. The summed E-state index contributed by atoms with van der Waals surface area (Å²) in [7, 11) is 2.61. The number of aromatic amines is 1. The van der Waals surface area contributed by atoms with E-state index in [9.17, 15) is 14.4 Å². The summed E-state index contributed by atoms with van der Waals surface area (Å²) in [6.45, 7) is 0.532. The monoisotopic (exact) mass is 302 g/mol.